The molecule has 1 aliphatic heterocycles. The molecule has 0 bridgehead atoms. The molecule has 2 atom stereocenters. The predicted octanol–water partition coefficient (Wildman–Crippen LogP) is 3.90. The fourth-order valence-corrected chi connectivity index (χ4v) is 4.32. The van der Waals surface area contributed by atoms with Gasteiger partial charge in [0.25, 0.3) is 5.69 Å². The first-order valence-electron chi connectivity index (χ1n) is 10.0. The molecule has 1 aliphatic carbocycles. The highest BCUT2D eigenvalue weighted by Gasteiger charge is 2.49. The molecule has 0 spiro atoms. The topological polar surface area (TPSA) is 102 Å². The maximum Gasteiger partial charge on any atom is 0.294 e. The maximum absolute atomic E-state index is 12.8. The summed E-state index contributed by atoms with van der Waals surface area (Å²) >= 11 is 0. The summed E-state index contributed by atoms with van der Waals surface area (Å²) in [4.78, 5) is 37.9. The van der Waals surface area contributed by atoms with Gasteiger partial charge >= 0.3 is 0 Å². The summed E-state index contributed by atoms with van der Waals surface area (Å²) in [6.07, 6.45) is 3.27. The van der Waals surface area contributed by atoms with Crippen LogP contribution in [0.15, 0.2) is 42.5 Å². The molecule has 1 heterocycles. The van der Waals surface area contributed by atoms with Crippen molar-refractivity contribution in [1.29, 1.82) is 0 Å². The molecule has 2 amide bonds. The van der Waals surface area contributed by atoms with E-state index in [2.05, 4.69) is 5.32 Å². The lowest BCUT2D eigenvalue weighted by Crippen LogP contribution is -2.30. The number of hydrogen-bond acceptors (Lipinski definition) is 6. The second kappa shape index (κ2) is 8.14. The minimum Gasteiger partial charge on any atom is -0.497 e. The monoisotopic (exact) mass is 409 g/mol. The number of ether oxygens (including phenoxy) is 1. The molecule has 2 fully saturated rings. The molecule has 0 radical (unpaired) electrons. The first kappa shape index (κ1) is 19.9. The van der Waals surface area contributed by atoms with E-state index >= 15 is 0 Å². The first-order chi connectivity index (χ1) is 14.5. The number of rotatable bonds is 6. The highest BCUT2D eigenvalue weighted by atomic mass is 16.6. The van der Waals surface area contributed by atoms with Crippen molar-refractivity contribution in [2.24, 2.45) is 11.8 Å². The van der Waals surface area contributed by atoms with Crippen LogP contribution >= 0.6 is 0 Å². The molecule has 1 saturated heterocycles. The van der Waals surface area contributed by atoms with Gasteiger partial charge in [0, 0.05) is 12.6 Å². The van der Waals surface area contributed by atoms with Crippen molar-refractivity contribution in [2.75, 3.05) is 17.3 Å². The Kier molecular flexibility index (Phi) is 5.39. The standard InChI is InChI=1S/C22H23N3O5/c1-30-16-9-6-14(7-10-16)13-23-19-11-8-15(12-20(19)25(28)29)24-21(26)17-4-2-3-5-18(17)22(24)27/h6-12,17-18,23H,2-5,13H2,1H3/t17-,18-/m0/s1. The van der Waals surface area contributed by atoms with Crippen molar-refractivity contribution < 1.29 is 19.2 Å². The van der Waals surface area contributed by atoms with Crippen molar-refractivity contribution >= 4 is 28.9 Å². The van der Waals surface area contributed by atoms with Crippen molar-refractivity contribution in [3.05, 3.63) is 58.1 Å². The average molecular weight is 409 g/mol. The van der Waals surface area contributed by atoms with Crippen LogP contribution in [-0.4, -0.2) is 23.8 Å². The van der Waals surface area contributed by atoms with Crippen LogP contribution in [-0.2, 0) is 16.1 Å². The Balaban J connectivity index is 1.56. The molecule has 1 saturated carbocycles. The minimum absolute atomic E-state index is 0.170. The second-order valence-electron chi connectivity index (χ2n) is 7.67. The van der Waals surface area contributed by atoms with Gasteiger partial charge in [-0.05, 0) is 42.7 Å². The lowest BCUT2D eigenvalue weighted by atomic mass is 9.81. The van der Waals surface area contributed by atoms with Gasteiger partial charge in [0.2, 0.25) is 11.8 Å². The second-order valence-corrected chi connectivity index (χ2v) is 7.67. The molecule has 30 heavy (non-hydrogen) atoms. The Morgan fingerprint density at radius 3 is 2.27 bits per heavy atom. The van der Waals surface area contributed by atoms with Crippen LogP contribution in [0.1, 0.15) is 31.2 Å². The zero-order valence-corrected chi connectivity index (χ0v) is 16.7. The van der Waals surface area contributed by atoms with Crippen molar-refractivity contribution in [3.63, 3.8) is 0 Å². The van der Waals surface area contributed by atoms with Gasteiger partial charge in [-0.3, -0.25) is 19.7 Å². The number of hydrogen-bond donors (Lipinski definition) is 1. The van der Waals surface area contributed by atoms with Gasteiger partial charge in [0.1, 0.15) is 11.4 Å². The van der Waals surface area contributed by atoms with E-state index < -0.39 is 4.92 Å². The molecule has 2 aromatic rings. The highest BCUT2D eigenvalue weighted by Crippen LogP contribution is 2.41. The number of anilines is 2. The third kappa shape index (κ3) is 3.60. The lowest BCUT2D eigenvalue weighted by Gasteiger charge is -2.19. The Hall–Kier alpha value is -3.42. The molecule has 156 valence electrons. The van der Waals surface area contributed by atoms with Gasteiger partial charge in [-0.1, -0.05) is 25.0 Å². The van der Waals surface area contributed by atoms with Crippen LogP contribution in [0.3, 0.4) is 0 Å². The van der Waals surface area contributed by atoms with E-state index in [1.165, 1.54) is 6.07 Å². The number of nitro benzene ring substituents is 1. The van der Waals surface area contributed by atoms with Crippen LogP contribution < -0.4 is 15.0 Å². The van der Waals surface area contributed by atoms with Crippen LogP contribution in [0.5, 0.6) is 5.75 Å². The SMILES string of the molecule is COc1ccc(CNc2ccc(N3C(=O)[C@H]4CCCC[C@@H]4C3=O)cc2[N+](=O)[O-])cc1. The number of nitrogens with one attached hydrogen (secondary N) is 1. The summed E-state index contributed by atoms with van der Waals surface area (Å²) in [5.41, 5.74) is 1.36. The van der Waals surface area contributed by atoms with Gasteiger partial charge in [-0.2, -0.15) is 0 Å². The zero-order chi connectivity index (χ0) is 21.3. The molecule has 1 N–H and O–H groups in total. The number of imide groups is 1. The molecule has 8 nitrogen and oxygen atoms in total. The molecule has 0 aromatic heterocycles. The van der Waals surface area contributed by atoms with E-state index in [0.717, 1.165) is 29.1 Å². The number of nitro groups is 1. The largest absolute Gasteiger partial charge is 0.497 e. The number of amides is 2. The number of carbonyl (C=O) groups excluding carboxylic acids is 2. The van der Waals surface area contributed by atoms with Crippen molar-refractivity contribution in [2.45, 2.75) is 32.2 Å². The van der Waals surface area contributed by atoms with Crippen LogP contribution in [0.2, 0.25) is 0 Å². The Morgan fingerprint density at radius 1 is 1.07 bits per heavy atom. The number of methoxy groups -OCH3 is 1. The average Bonchev–Trinajstić information content (AvgIpc) is 3.03. The van der Waals surface area contributed by atoms with Gasteiger partial charge in [0.15, 0.2) is 0 Å². The van der Waals surface area contributed by atoms with Crippen molar-refractivity contribution in [3.8, 4) is 5.75 Å². The van der Waals surface area contributed by atoms with Gasteiger partial charge < -0.3 is 10.1 Å². The quantitative estimate of drug-likeness (QED) is 0.441. The van der Waals surface area contributed by atoms with E-state index in [1.54, 1.807) is 19.2 Å². The zero-order valence-electron chi connectivity index (χ0n) is 16.7. The van der Waals surface area contributed by atoms with E-state index in [4.69, 9.17) is 4.74 Å². The smallest absolute Gasteiger partial charge is 0.294 e. The van der Waals surface area contributed by atoms with Crippen LogP contribution in [0, 0.1) is 22.0 Å². The predicted molar refractivity (Wildman–Crippen MR) is 111 cm³/mol. The van der Waals surface area contributed by atoms with E-state index in [0.29, 0.717) is 25.1 Å². The molecule has 0 unspecified atom stereocenters. The lowest BCUT2D eigenvalue weighted by molar-refractivity contribution is -0.383. The molecule has 2 aromatic carbocycles. The fourth-order valence-electron chi connectivity index (χ4n) is 4.32. The minimum atomic E-state index is -0.502. The summed E-state index contributed by atoms with van der Waals surface area (Å²) in [5.74, 6) is -0.332. The highest BCUT2D eigenvalue weighted by molar-refractivity contribution is 6.22. The number of fused-ring (bicyclic) bond motifs is 1. The third-order valence-electron chi connectivity index (χ3n) is 5.92. The molecule has 4 rings (SSSR count). The first-order valence-corrected chi connectivity index (χ1v) is 10.0. The summed E-state index contributed by atoms with van der Waals surface area (Å²) < 4.78 is 5.13. The normalized spacial score (nSPS) is 20.8. The summed E-state index contributed by atoms with van der Waals surface area (Å²) in [6.45, 7) is 0.385. The maximum atomic E-state index is 12.8. The van der Waals surface area contributed by atoms with Crippen molar-refractivity contribution in [1.82, 2.24) is 0 Å². The third-order valence-corrected chi connectivity index (χ3v) is 5.92. The van der Waals surface area contributed by atoms with Gasteiger partial charge in [-0.15, -0.1) is 0 Å². The van der Waals surface area contributed by atoms with Gasteiger partial charge in [-0.25, -0.2) is 4.90 Å². The molecular formula is C22H23N3O5. The molecular weight excluding hydrogens is 386 g/mol. The molecule has 2 aliphatic rings. The number of carbonyl (C=O) groups is 2. The van der Waals surface area contributed by atoms with E-state index in [9.17, 15) is 19.7 Å². The van der Waals surface area contributed by atoms with Gasteiger partial charge in [0.05, 0.1) is 29.6 Å². The van der Waals surface area contributed by atoms with Crippen LogP contribution in [0.25, 0.3) is 0 Å². The molecule has 8 heteroatoms. The summed E-state index contributed by atoms with van der Waals surface area (Å²) in [6, 6.07) is 11.8. The number of benzene rings is 2. The Bertz CT molecular complexity index is 965. The fraction of sp³-hybridized carbons (Fsp3) is 0.364. The van der Waals surface area contributed by atoms with E-state index in [-0.39, 0.29) is 35.0 Å². The number of nitrogens with zero attached hydrogens (tertiary/aromatic N) is 2. The summed E-state index contributed by atoms with van der Waals surface area (Å²) in [7, 11) is 1.59. The van der Waals surface area contributed by atoms with E-state index in [1.807, 2.05) is 24.3 Å². The van der Waals surface area contributed by atoms with Crippen LogP contribution in [0.4, 0.5) is 17.1 Å². The summed E-state index contributed by atoms with van der Waals surface area (Å²) in [5, 5.41) is 14.7. The Labute approximate surface area is 174 Å². The Morgan fingerprint density at radius 2 is 1.70 bits per heavy atom.